The van der Waals surface area contributed by atoms with Gasteiger partial charge < -0.3 is 5.32 Å². The van der Waals surface area contributed by atoms with Crippen LogP contribution in [0.4, 0.5) is 5.82 Å². The Morgan fingerprint density at radius 3 is 2.78 bits per heavy atom. The molecule has 0 spiro atoms. The fourth-order valence-corrected chi connectivity index (χ4v) is 3.63. The van der Waals surface area contributed by atoms with Gasteiger partial charge in [0.15, 0.2) is 0 Å². The number of amides is 1. The number of rotatable bonds is 6. The third-order valence-electron chi connectivity index (χ3n) is 5.01. The molecule has 0 bridgehead atoms. The lowest BCUT2D eigenvalue weighted by molar-refractivity contribution is -0.116. The van der Waals surface area contributed by atoms with Crippen molar-refractivity contribution in [1.29, 1.82) is 0 Å². The second-order valence-electron chi connectivity index (χ2n) is 7.06. The number of carbonyl (C=O) groups excluding carboxylic acids is 1. The van der Waals surface area contributed by atoms with Gasteiger partial charge in [-0.3, -0.25) is 14.5 Å². The molecule has 0 unspecified atom stereocenters. The summed E-state index contributed by atoms with van der Waals surface area (Å²) in [6.07, 6.45) is 11.7. The molecule has 7 heteroatoms. The molecule has 140 valence electrons. The Labute approximate surface area is 158 Å². The smallest absolute Gasteiger partial charge is 0.247 e. The number of anilines is 1. The molecular weight excluding hydrogens is 340 g/mol. The zero-order valence-electron chi connectivity index (χ0n) is 15.3. The minimum Gasteiger partial charge on any atom is -0.309 e. The maximum atomic E-state index is 12.4. The van der Waals surface area contributed by atoms with Gasteiger partial charge in [-0.1, -0.05) is 25.3 Å². The van der Waals surface area contributed by atoms with Crippen molar-refractivity contribution in [2.45, 2.75) is 45.2 Å². The lowest BCUT2D eigenvalue weighted by atomic mass is 9.89. The van der Waals surface area contributed by atoms with Crippen LogP contribution < -0.4 is 5.32 Å². The van der Waals surface area contributed by atoms with Crippen LogP contribution in [0.1, 0.15) is 32.1 Å². The number of hydrogen-bond acceptors (Lipinski definition) is 4. The molecule has 1 amide bonds. The molecule has 0 saturated heterocycles. The average Bonchev–Trinajstić information content (AvgIpc) is 3.33. The Morgan fingerprint density at radius 2 is 1.96 bits per heavy atom. The van der Waals surface area contributed by atoms with Crippen LogP contribution in [0.2, 0.25) is 0 Å². The standard InChI is InChI=1S/C20H24N6O/c27-20(15-25-13-10-18(24-25)17-8-4-5-11-21-17)23-19-9-12-22-26(19)14-16-6-2-1-3-7-16/h4-5,8-13,16H,1-3,6-7,14-15H2,(H,23,27). The lowest BCUT2D eigenvalue weighted by Gasteiger charge is -2.22. The highest BCUT2D eigenvalue weighted by atomic mass is 16.2. The first-order valence-corrected chi connectivity index (χ1v) is 9.54. The highest BCUT2D eigenvalue weighted by Crippen LogP contribution is 2.25. The molecule has 1 N–H and O–H groups in total. The SMILES string of the molecule is O=C(Cn1ccc(-c2ccccn2)n1)Nc1ccnn1CC1CCCCC1. The quantitative estimate of drug-likeness (QED) is 0.727. The molecule has 3 heterocycles. The van der Waals surface area contributed by atoms with E-state index >= 15 is 0 Å². The van der Waals surface area contributed by atoms with E-state index in [1.165, 1.54) is 32.1 Å². The van der Waals surface area contributed by atoms with Crippen LogP contribution in [0, 0.1) is 5.92 Å². The molecule has 0 radical (unpaired) electrons. The van der Waals surface area contributed by atoms with E-state index < -0.39 is 0 Å². The third kappa shape index (κ3) is 4.42. The van der Waals surface area contributed by atoms with E-state index in [1.54, 1.807) is 23.3 Å². The van der Waals surface area contributed by atoms with Crippen molar-refractivity contribution in [3.63, 3.8) is 0 Å². The van der Waals surface area contributed by atoms with E-state index in [2.05, 4.69) is 20.5 Å². The van der Waals surface area contributed by atoms with Crippen LogP contribution in [0.5, 0.6) is 0 Å². The fraction of sp³-hybridized carbons (Fsp3) is 0.400. The normalized spacial score (nSPS) is 15.0. The van der Waals surface area contributed by atoms with Crippen LogP contribution in [0.3, 0.4) is 0 Å². The molecule has 0 aliphatic heterocycles. The maximum Gasteiger partial charge on any atom is 0.247 e. The van der Waals surface area contributed by atoms with Crippen LogP contribution >= 0.6 is 0 Å². The minimum atomic E-state index is -0.115. The number of nitrogens with one attached hydrogen (secondary N) is 1. The Hall–Kier alpha value is -2.96. The number of carbonyl (C=O) groups is 1. The van der Waals surface area contributed by atoms with Gasteiger partial charge in [0, 0.05) is 25.0 Å². The maximum absolute atomic E-state index is 12.4. The first-order chi connectivity index (χ1) is 13.3. The molecule has 0 atom stereocenters. The highest BCUT2D eigenvalue weighted by Gasteiger charge is 2.16. The Bertz CT molecular complexity index is 879. The predicted octanol–water partition coefficient (Wildman–Crippen LogP) is 3.36. The summed E-state index contributed by atoms with van der Waals surface area (Å²) in [6, 6.07) is 9.40. The van der Waals surface area contributed by atoms with Gasteiger partial charge in [0.25, 0.3) is 0 Å². The topological polar surface area (TPSA) is 77.6 Å². The predicted molar refractivity (Wildman–Crippen MR) is 103 cm³/mol. The molecule has 27 heavy (non-hydrogen) atoms. The van der Waals surface area contributed by atoms with E-state index in [9.17, 15) is 4.79 Å². The van der Waals surface area contributed by atoms with Crippen molar-refractivity contribution in [3.8, 4) is 11.4 Å². The van der Waals surface area contributed by atoms with Crippen molar-refractivity contribution >= 4 is 11.7 Å². The summed E-state index contributed by atoms with van der Waals surface area (Å²) in [5, 5.41) is 11.8. The van der Waals surface area contributed by atoms with Crippen LogP contribution in [0.25, 0.3) is 11.4 Å². The summed E-state index contributed by atoms with van der Waals surface area (Å²) in [5.74, 6) is 1.29. The first-order valence-electron chi connectivity index (χ1n) is 9.54. The van der Waals surface area contributed by atoms with E-state index in [0.717, 1.165) is 23.8 Å². The largest absolute Gasteiger partial charge is 0.309 e. The number of hydrogen-bond donors (Lipinski definition) is 1. The Balaban J connectivity index is 1.36. The lowest BCUT2D eigenvalue weighted by Crippen LogP contribution is -2.23. The summed E-state index contributed by atoms with van der Waals surface area (Å²) < 4.78 is 3.54. The van der Waals surface area contributed by atoms with Gasteiger partial charge in [0.2, 0.25) is 5.91 Å². The summed E-state index contributed by atoms with van der Waals surface area (Å²) in [5.41, 5.74) is 1.55. The number of aromatic nitrogens is 5. The number of nitrogens with zero attached hydrogens (tertiary/aromatic N) is 5. The van der Waals surface area contributed by atoms with Crippen molar-refractivity contribution in [2.75, 3.05) is 5.32 Å². The van der Waals surface area contributed by atoms with Crippen LogP contribution in [0.15, 0.2) is 48.9 Å². The second kappa shape index (κ2) is 8.16. The molecule has 1 saturated carbocycles. The van der Waals surface area contributed by atoms with E-state index in [1.807, 2.05) is 35.0 Å². The molecule has 7 nitrogen and oxygen atoms in total. The molecule has 1 aliphatic carbocycles. The van der Waals surface area contributed by atoms with E-state index in [-0.39, 0.29) is 12.5 Å². The zero-order valence-corrected chi connectivity index (χ0v) is 15.3. The van der Waals surface area contributed by atoms with Crippen molar-refractivity contribution in [2.24, 2.45) is 5.92 Å². The van der Waals surface area contributed by atoms with Gasteiger partial charge in [-0.15, -0.1) is 0 Å². The average molecular weight is 364 g/mol. The van der Waals surface area contributed by atoms with Crippen molar-refractivity contribution in [1.82, 2.24) is 24.5 Å². The summed E-state index contributed by atoms with van der Waals surface area (Å²) in [4.78, 5) is 16.7. The molecule has 0 aromatic carbocycles. The zero-order chi connectivity index (χ0) is 18.5. The van der Waals surface area contributed by atoms with Crippen molar-refractivity contribution in [3.05, 3.63) is 48.9 Å². The highest BCUT2D eigenvalue weighted by molar-refractivity contribution is 5.89. The van der Waals surface area contributed by atoms with E-state index in [0.29, 0.717) is 5.92 Å². The van der Waals surface area contributed by atoms with Gasteiger partial charge in [0.05, 0.1) is 11.9 Å². The van der Waals surface area contributed by atoms with Crippen LogP contribution in [-0.4, -0.2) is 30.5 Å². The minimum absolute atomic E-state index is 0.115. The van der Waals surface area contributed by atoms with Gasteiger partial charge in [0.1, 0.15) is 18.1 Å². The van der Waals surface area contributed by atoms with E-state index in [4.69, 9.17) is 0 Å². The monoisotopic (exact) mass is 364 g/mol. The van der Waals surface area contributed by atoms with Crippen LogP contribution in [-0.2, 0) is 17.9 Å². The van der Waals surface area contributed by atoms with Crippen molar-refractivity contribution < 1.29 is 4.79 Å². The summed E-state index contributed by atoms with van der Waals surface area (Å²) in [6.45, 7) is 1.02. The first kappa shape index (κ1) is 17.5. The van der Waals surface area contributed by atoms with Gasteiger partial charge in [-0.25, -0.2) is 4.68 Å². The van der Waals surface area contributed by atoms with Gasteiger partial charge >= 0.3 is 0 Å². The molecule has 1 fully saturated rings. The Morgan fingerprint density at radius 1 is 1.07 bits per heavy atom. The van der Waals surface area contributed by atoms with Gasteiger partial charge in [-0.05, 0) is 37.0 Å². The fourth-order valence-electron chi connectivity index (χ4n) is 3.63. The third-order valence-corrected chi connectivity index (χ3v) is 5.01. The number of pyridine rings is 1. The molecular formula is C20H24N6O. The molecule has 3 aromatic rings. The second-order valence-corrected chi connectivity index (χ2v) is 7.06. The molecule has 4 rings (SSSR count). The Kier molecular flexibility index (Phi) is 5.27. The molecule has 3 aromatic heterocycles. The molecule has 1 aliphatic rings. The summed E-state index contributed by atoms with van der Waals surface area (Å²) >= 11 is 0. The summed E-state index contributed by atoms with van der Waals surface area (Å²) in [7, 11) is 0. The van der Waals surface area contributed by atoms with Gasteiger partial charge in [-0.2, -0.15) is 10.2 Å².